The van der Waals surface area contributed by atoms with Crippen LogP contribution in [-0.4, -0.2) is 49.0 Å². The van der Waals surface area contributed by atoms with Gasteiger partial charge in [-0.05, 0) is 19.9 Å². The summed E-state index contributed by atoms with van der Waals surface area (Å²) in [6.45, 7) is 7.14. The SMILES string of the molecule is COc1ccccc1C(O)CN1CCOCC1(C)C. The number of ether oxygens (including phenoxy) is 2. The molecule has 0 aromatic heterocycles. The summed E-state index contributed by atoms with van der Waals surface area (Å²) in [5.41, 5.74) is 0.800. The molecule has 0 amide bonds. The van der Waals surface area contributed by atoms with Crippen molar-refractivity contribution in [2.45, 2.75) is 25.5 Å². The van der Waals surface area contributed by atoms with Gasteiger partial charge in [0.1, 0.15) is 5.75 Å². The van der Waals surface area contributed by atoms with Crippen LogP contribution in [0.2, 0.25) is 0 Å². The van der Waals surface area contributed by atoms with Crippen LogP contribution in [0.3, 0.4) is 0 Å². The first-order valence-electron chi connectivity index (χ1n) is 6.68. The number of rotatable bonds is 4. The summed E-state index contributed by atoms with van der Waals surface area (Å²) >= 11 is 0. The van der Waals surface area contributed by atoms with Crippen LogP contribution < -0.4 is 4.74 Å². The first-order chi connectivity index (χ1) is 9.04. The maximum atomic E-state index is 10.5. The molecule has 1 N–H and O–H groups in total. The van der Waals surface area contributed by atoms with E-state index in [1.807, 2.05) is 24.3 Å². The molecule has 19 heavy (non-hydrogen) atoms. The van der Waals surface area contributed by atoms with E-state index in [-0.39, 0.29) is 5.54 Å². The molecule has 0 aliphatic carbocycles. The summed E-state index contributed by atoms with van der Waals surface area (Å²) < 4.78 is 10.8. The van der Waals surface area contributed by atoms with Crippen LogP contribution in [0.15, 0.2) is 24.3 Å². The van der Waals surface area contributed by atoms with Gasteiger partial charge in [0.25, 0.3) is 0 Å². The molecule has 1 unspecified atom stereocenters. The Kier molecular flexibility index (Phi) is 4.45. The van der Waals surface area contributed by atoms with E-state index in [2.05, 4.69) is 18.7 Å². The number of aliphatic hydroxyl groups is 1. The lowest BCUT2D eigenvalue weighted by atomic mass is 10.00. The molecule has 0 spiro atoms. The molecule has 1 fully saturated rings. The number of hydrogen-bond donors (Lipinski definition) is 1. The highest BCUT2D eigenvalue weighted by Gasteiger charge is 2.32. The van der Waals surface area contributed by atoms with Gasteiger partial charge in [0.2, 0.25) is 0 Å². The number of para-hydroxylation sites is 1. The minimum atomic E-state index is -0.548. The molecule has 0 radical (unpaired) electrons. The van der Waals surface area contributed by atoms with Gasteiger partial charge in [-0.2, -0.15) is 0 Å². The van der Waals surface area contributed by atoms with Crippen molar-refractivity contribution in [1.82, 2.24) is 4.90 Å². The normalized spacial score (nSPS) is 21.1. The lowest BCUT2D eigenvalue weighted by molar-refractivity contribution is -0.0669. The molecule has 0 bridgehead atoms. The predicted octanol–water partition coefficient (Wildman–Crippen LogP) is 1.84. The van der Waals surface area contributed by atoms with Crippen molar-refractivity contribution in [2.75, 3.05) is 33.4 Å². The third-order valence-corrected chi connectivity index (χ3v) is 3.71. The molecule has 1 atom stereocenters. The topological polar surface area (TPSA) is 41.9 Å². The van der Waals surface area contributed by atoms with E-state index in [9.17, 15) is 5.11 Å². The maximum Gasteiger partial charge on any atom is 0.124 e. The molecular weight excluding hydrogens is 242 g/mol. The Morgan fingerprint density at radius 1 is 1.42 bits per heavy atom. The van der Waals surface area contributed by atoms with E-state index >= 15 is 0 Å². The lowest BCUT2D eigenvalue weighted by Gasteiger charge is -2.43. The quantitative estimate of drug-likeness (QED) is 0.902. The number of methoxy groups -OCH3 is 1. The van der Waals surface area contributed by atoms with Crippen molar-refractivity contribution in [3.8, 4) is 5.75 Å². The van der Waals surface area contributed by atoms with Crippen molar-refractivity contribution in [2.24, 2.45) is 0 Å². The highest BCUT2D eigenvalue weighted by Crippen LogP contribution is 2.28. The molecule has 1 saturated heterocycles. The third kappa shape index (κ3) is 3.26. The van der Waals surface area contributed by atoms with E-state index in [0.29, 0.717) is 13.2 Å². The Balaban J connectivity index is 2.09. The fourth-order valence-electron chi connectivity index (χ4n) is 2.48. The molecule has 1 aliphatic heterocycles. The molecule has 1 heterocycles. The predicted molar refractivity (Wildman–Crippen MR) is 74.4 cm³/mol. The van der Waals surface area contributed by atoms with Crippen molar-refractivity contribution < 1.29 is 14.6 Å². The lowest BCUT2D eigenvalue weighted by Crippen LogP contribution is -2.54. The molecule has 2 rings (SSSR count). The van der Waals surface area contributed by atoms with Crippen molar-refractivity contribution in [3.05, 3.63) is 29.8 Å². The zero-order chi connectivity index (χ0) is 13.9. The van der Waals surface area contributed by atoms with Crippen molar-refractivity contribution in [3.63, 3.8) is 0 Å². The standard InChI is InChI=1S/C15H23NO3/c1-15(2)11-19-9-8-16(15)10-13(17)12-6-4-5-7-14(12)18-3/h4-7,13,17H,8-11H2,1-3H3. The van der Waals surface area contributed by atoms with Gasteiger partial charge >= 0.3 is 0 Å². The largest absolute Gasteiger partial charge is 0.496 e. The number of hydrogen-bond acceptors (Lipinski definition) is 4. The average Bonchev–Trinajstić information content (AvgIpc) is 2.41. The summed E-state index contributed by atoms with van der Waals surface area (Å²) in [6, 6.07) is 7.62. The molecule has 1 aromatic carbocycles. The van der Waals surface area contributed by atoms with Gasteiger partial charge < -0.3 is 14.6 Å². The first kappa shape index (κ1) is 14.3. The number of nitrogens with zero attached hydrogens (tertiary/aromatic N) is 1. The van der Waals surface area contributed by atoms with E-state index in [4.69, 9.17) is 9.47 Å². The average molecular weight is 265 g/mol. The second kappa shape index (κ2) is 5.90. The van der Waals surface area contributed by atoms with Gasteiger partial charge in [-0.1, -0.05) is 18.2 Å². The van der Waals surface area contributed by atoms with Gasteiger partial charge in [0.05, 0.1) is 26.4 Å². The highest BCUT2D eigenvalue weighted by atomic mass is 16.5. The van der Waals surface area contributed by atoms with Crippen LogP contribution in [0.5, 0.6) is 5.75 Å². The van der Waals surface area contributed by atoms with E-state index in [1.165, 1.54) is 0 Å². The molecule has 106 valence electrons. The molecule has 1 aliphatic rings. The molecule has 1 aromatic rings. The van der Waals surface area contributed by atoms with Gasteiger partial charge in [-0.3, -0.25) is 4.90 Å². The van der Waals surface area contributed by atoms with Crippen molar-refractivity contribution >= 4 is 0 Å². The number of benzene rings is 1. The number of aliphatic hydroxyl groups excluding tert-OH is 1. The maximum absolute atomic E-state index is 10.5. The number of β-amino-alcohol motifs (C(OH)–C–C–N with tert-alkyl or cyclic N) is 1. The van der Waals surface area contributed by atoms with Crippen LogP contribution >= 0.6 is 0 Å². The molecule has 4 nitrogen and oxygen atoms in total. The summed E-state index contributed by atoms with van der Waals surface area (Å²) in [7, 11) is 1.63. The number of morpholine rings is 1. The zero-order valence-corrected chi connectivity index (χ0v) is 11.9. The Morgan fingerprint density at radius 3 is 2.84 bits per heavy atom. The van der Waals surface area contributed by atoms with Gasteiger partial charge in [-0.15, -0.1) is 0 Å². The fraction of sp³-hybridized carbons (Fsp3) is 0.600. The fourth-order valence-corrected chi connectivity index (χ4v) is 2.48. The van der Waals surface area contributed by atoms with E-state index in [0.717, 1.165) is 24.5 Å². The summed E-state index contributed by atoms with van der Waals surface area (Å²) in [5, 5.41) is 10.5. The van der Waals surface area contributed by atoms with Crippen LogP contribution in [-0.2, 0) is 4.74 Å². The Bertz CT molecular complexity index is 420. The summed E-state index contributed by atoms with van der Waals surface area (Å²) in [5.74, 6) is 0.737. The van der Waals surface area contributed by atoms with Gasteiger partial charge in [0, 0.05) is 24.2 Å². The van der Waals surface area contributed by atoms with Crippen LogP contribution in [0.4, 0.5) is 0 Å². The van der Waals surface area contributed by atoms with Gasteiger partial charge in [0.15, 0.2) is 0 Å². The molecule has 0 saturated carbocycles. The zero-order valence-electron chi connectivity index (χ0n) is 11.9. The smallest absolute Gasteiger partial charge is 0.124 e. The first-order valence-corrected chi connectivity index (χ1v) is 6.68. The Hall–Kier alpha value is -1.10. The monoisotopic (exact) mass is 265 g/mol. The van der Waals surface area contributed by atoms with Crippen LogP contribution in [0.1, 0.15) is 25.5 Å². The van der Waals surface area contributed by atoms with Crippen LogP contribution in [0.25, 0.3) is 0 Å². The summed E-state index contributed by atoms with van der Waals surface area (Å²) in [6.07, 6.45) is -0.548. The second-order valence-corrected chi connectivity index (χ2v) is 5.57. The summed E-state index contributed by atoms with van der Waals surface area (Å²) in [4.78, 5) is 2.27. The van der Waals surface area contributed by atoms with Crippen molar-refractivity contribution in [1.29, 1.82) is 0 Å². The Morgan fingerprint density at radius 2 is 2.16 bits per heavy atom. The Labute approximate surface area is 114 Å². The van der Waals surface area contributed by atoms with E-state index < -0.39 is 6.10 Å². The molecule has 4 heteroatoms. The minimum Gasteiger partial charge on any atom is -0.496 e. The third-order valence-electron chi connectivity index (χ3n) is 3.71. The second-order valence-electron chi connectivity index (χ2n) is 5.57. The highest BCUT2D eigenvalue weighted by molar-refractivity contribution is 5.35. The molecular formula is C15H23NO3. The van der Waals surface area contributed by atoms with E-state index in [1.54, 1.807) is 7.11 Å². The van der Waals surface area contributed by atoms with Crippen LogP contribution in [0, 0.1) is 0 Å². The van der Waals surface area contributed by atoms with Gasteiger partial charge in [-0.25, -0.2) is 0 Å². The minimum absolute atomic E-state index is 0.0404.